The van der Waals surface area contributed by atoms with Gasteiger partial charge in [0.2, 0.25) is 5.91 Å². The van der Waals surface area contributed by atoms with E-state index in [9.17, 15) is 4.79 Å². The third kappa shape index (κ3) is 3.74. The van der Waals surface area contributed by atoms with E-state index in [-0.39, 0.29) is 5.41 Å². The van der Waals surface area contributed by atoms with Gasteiger partial charge in [0, 0.05) is 25.7 Å². The zero-order valence-corrected chi connectivity index (χ0v) is 17.0. The summed E-state index contributed by atoms with van der Waals surface area (Å²) in [7, 11) is 0. The molecule has 1 amide bonds. The van der Waals surface area contributed by atoms with Crippen molar-refractivity contribution in [1.29, 1.82) is 0 Å². The summed E-state index contributed by atoms with van der Waals surface area (Å²) in [6.45, 7) is 1.70. The van der Waals surface area contributed by atoms with Gasteiger partial charge in [0.1, 0.15) is 5.69 Å². The molecule has 154 valence electrons. The van der Waals surface area contributed by atoms with Crippen molar-refractivity contribution in [3.05, 3.63) is 66.1 Å². The van der Waals surface area contributed by atoms with Gasteiger partial charge in [-0.15, -0.1) is 0 Å². The highest BCUT2D eigenvalue weighted by atomic mass is 16.5. The molecule has 0 N–H and O–H groups in total. The lowest BCUT2D eigenvalue weighted by Gasteiger charge is -2.35. The molecule has 0 radical (unpaired) electrons. The number of hydrogen-bond acceptors (Lipinski definition) is 5. The summed E-state index contributed by atoms with van der Waals surface area (Å²) in [4.78, 5) is 24.2. The lowest BCUT2D eigenvalue weighted by molar-refractivity contribution is -0.135. The Hall–Kier alpha value is -3.02. The number of pyridine rings is 1. The Morgan fingerprint density at radius 3 is 2.73 bits per heavy atom. The van der Waals surface area contributed by atoms with Crippen molar-refractivity contribution in [3.8, 4) is 11.6 Å². The van der Waals surface area contributed by atoms with E-state index in [0.717, 1.165) is 51.6 Å². The van der Waals surface area contributed by atoms with E-state index in [1.54, 1.807) is 6.20 Å². The molecule has 6 heteroatoms. The second kappa shape index (κ2) is 8.01. The standard InChI is InChI=1S/C24H26N4O2/c29-23(24(13-14-24)19-8-2-1-3-9-19)28-16-6-7-18(17-28)11-12-21-26-22(30-27-21)20-10-4-5-15-25-20/h1-5,8-10,15,18H,6-7,11-14,16-17H2. The van der Waals surface area contributed by atoms with Gasteiger partial charge >= 0.3 is 0 Å². The Balaban J connectivity index is 1.20. The summed E-state index contributed by atoms with van der Waals surface area (Å²) in [6.07, 6.45) is 7.58. The van der Waals surface area contributed by atoms with Crippen LogP contribution in [-0.2, 0) is 16.6 Å². The molecular formula is C24H26N4O2. The molecule has 1 aliphatic carbocycles. The molecule has 0 spiro atoms. The number of aromatic nitrogens is 3. The molecule has 2 aliphatic rings. The zero-order chi connectivity index (χ0) is 20.4. The smallest absolute Gasteiger partial charge is 0.276 e. The van der Waals surface area contributed by atoms with Crippen molar-refractivity contribution in [2.75, 3.05) is 13.1 Å². The number of hydrogen-bond donors (Lipinski definition) is 0. The van der Waals surface area contributed by atoms with Gasteiger partial charge in [-0.1, -0.05) is 41.6 Å². The first-order valence-electron chi connectivity index (χ1n) is 10.8. The topological polar surface area (TPSA) is 72.1 Å². The Labute approximate surface area is 176 Å². The van der Waals surface area contributed by atoms with Gasteiger partial charge in [-0.3, -0.25) is 9.78 Å². The highest BCUT2D eigenvalue weighted by molar-refractivity contribution is 5.91. The molecule has 6 nitrogen and oxygen atoms in total. The van der Waals surface area contributed by atoms with Gasteiger partial charge in [0.15, 0.2) is 5.82 Å². The summed E-state index contributed by atoms with van der Waals surface area (Å²) in [5.41, 5.74) is 1.60. The van der Waals surface area contributed by atoms with Gasteiger partial charge in [-0.05, 0) is 55.7 Å². The van der Waals surface area contributed by atoms with Crippen molar-refractivity contribution in [2.45, 2.75) is 43.9 Å². The highest BCUT2D eigenvalue weighted by Gasteiger charge is 2.53. The number of rotatable bonds is 6. The summed E-state index contributed by atoms with van der Waals surface area (Å²) < 4.78 is 5.36. The van der Waals surface area contributed by atoms with E-state index in [0.29, 0.717) is 29.2 Å². The average Bonchev–Trinajstić information content (AvgIpc) is 3.49. The van der Waals surface area contributed by atoms with Gasteiger partial charge in [0.25, 0.3) is 5.89 Å². The van der Waals surface area contributed by atoms with Crippen molar-refractivity contribution in [1.82, 2.24) is 20.0 Å². The average molecular weight is 402 g/mol. The summed E-state index contributed by atoms with van der Waals surface area (Å²) in [5.74, 6) is 1.97. The van der Waals surface area contributed by atoms with Gasteiger partial charge < -0.3 is 9.42 Å². The maximum absolute atomic E-state index is 13.3. The van der Waals surface area contributed by atoms with E-state index in [4.69, 9.17) is 4.52 Å². The number of likely N-dealkylation sites (tertiary alicyclic amines) is 1. The summed E-state index contributed by atoms with van der Waals surface area (Å²) >= 11 is 0. The van der Waals surface area contributed by atoms with Crippen LogP contribution in [-0.4, -0.2) is 39.0 Å². The Morgan fingerprint density at radius 2 is 1.97 bits per heavy atom. The fourth-order valence-electron chi connectivity index (χ4n) is 4.58. The fourth-order valence-corrected chi connectivity index (χ4v) is 4.58. The zero-order valence-electron chi connectivity index (χ0n) is 17.0. The van der Waals surface area contributed by atoms with Crippen molar-refractivity contribution >= 4 is 5.91 Å². The van der Waals surface area contributed by atoms with E-state index in [1.807, 2.05) is 36.4 Å². The second-order valence-corrected chi connectivity index (χ2v) is 8.48. The number of piperidine rings is 1. The van der Waals surface area contributed by atoms with Crippen LogP contribution in [0.25, 0.3) is 11.6 Å². The van der Waals surface area contributed by atoms with E-state index in [2.05, 4.69) is 32.2 Å². The largest absolute Gasteiger partial charge is 0.342 e. The molecule has 1 saturated carbocycles. The molecule has 5 rings (SSSR count). The van der Waals surface area contributed by atoms with Crippen LogP contribution in [0.5, 0.6) is 0 Å². The van der Waals surface area contributed by atoms with Crippen LogP contribution < -0.4 is 0 Å². The third-order valence-electron chi connectivity index (χ3n) is 6.42. The van der Waals surface area contributed by atoms with Crippen LogP contribution in [0.3, 0.4) is 0 Å². The second-order valence-electron chi connectivity index (χ2n) is 8.48. The van der Waals surface area contributed by atoms with E-state index < -0.39 is 0 Å². The van der Waals surface area contributed by atoms with E-state index >= 15 is 0 Å². The molecular weight excluding hydrogens is 376 g/mol. The van der Waals surface area contributed by atoms with Crippen LogP contribution in [0.4, 0.5) is 0 Å². The third-order valence-corrected chi connectivity index (χ3v) is 6.42. The molecule has 3 heterocycles. The minimum absolute atomic E-state index is 0.269. The lowest BCUT2D eigenvalue weighted by atomic mass is 9.89. The number of carbonyl (C=O) groups is 1. The van der Waals surface area contributed by atoms with Crippen LogP contribution in [0.1, 0.15) is 43.5 Å². The fraction of sp³-hybridized carbons (Fsp3) is 0.417. The summed E-state index contributed by atoms with van der Waals surface area (Å²) in [5, 5.41) is 4.11. The Bertz CT molecular complexity index is 998. The van der Waals surface area contributed by atoms with Gasteiger partial charge in [0.05, 0.1) is 5.41 Å². The van der Waals surface area contributed by atoms with Crippen LogP contribution >= 0.6 is 0 Å². The molecule has 30 heavy (non-hydrogen) atoms. The predicted octanol–water partition coefficient (Wildman–Crippen LogP) is 4.03. The van der Waals surface area contributed by atoms with Gasteiger partial charge in [-0.25, -0.2) is 0 Å². The maximum atomic E-state index is 13.3. The molecule has 1 aliphatic heterocycles. The molecule has 1 saturated heterocycles. The van der Waals surface area contributed by atoms with Gasteiger partial charge in [-0.2, -0.15) is 4.98 Å². The molecule has 0 bridgehead atoms. The highest BCUT2D eigenvalue weighted by Crippen LogP contribution is 2.50. The number of nitrogens with zero attached hydrogens (tertiary/aromatic N) is 4. The van der Waals surface area contributed by atoms with Crippen LogP contribution in [0, 0.1) is 5.92 Å². The van der Waals surface area contributed by atoms with Crippen molar-refractivity contribution in [3.63, 3.8) is 0 Å². The molecule has 3 aromatic rings. The molecule has 1 unspecified atom stereocenters. The minimum atomic E-state index is -0.269. The maximum Gasteiger partial charge on any atom is 0.276 e. The quantitative estimate of drug-likeness (QED) is 0.622. The Kier molecular flexibility index (Phi) is 5.07. The molecule has 2 aromatic heterocycles. The van der Waals surface area contributed by atoms with Crippen LogP contribution in [0.2, 0.25) is 0 Å². The SMILES string of the molecule is O=C(N1CCCC(CCc2noc(-c3ccccn3)n2)C1)C1(c2ccccc2)CC1. The lowest BCUT2D eigenvalue weighted by Crippen LogP contribution is -2.45. The molecule has 1 aromatic carbocycles. The first kappa shape index (κ1) is 19.0. The minimum Gasteiger partial charge on any atom is -0.342 e. The molecule has 2 fully saturated rings. The Morgan fingerprint density at radius 1 is 1.13 bits per heavy atom. The summed E-state index contributed by atoms with van der Waals surface area (Å²) in [6, 6.07) is 15.9. The first-order chi connectivity index (χ1) is 14.7. The van der Waals surface area contributed by atoms with Crippen LogP contribution in [0.15, 0.2) is 59.3 Å². The number of aryl methyl sites for hydroxylation is 1. The first-order valence-corrected chi connectivity index (χ1v) is 10.8. The van der Waals surface area contributed by atoms with E-state index in [1.165, 1.54) is 5.56 Å². The number of amides is 1. The number of carbonyl (C=O) groups excluding carboxylic acids is 1. The van der Waals surface area contributed by atoms with Crippen molar-refractivity contribution in [2.24, 2.45) is 5.92 Å². The monoisotopic (exact) mass is 402 g/mol. The van der Waals surface area contributed by atoms with Crippen molar-refractivity contribution < 1.29 is 9.32 Å². The molecule has 1 atom stereocenters. The number of benzene rings is 1. The predicted molar refractivity (Wildman–Crippen MR) is 113 cm³/mol. The normalized spacial score (nSPS) is 20.1.